The van der Waals surface area contributed by atoms with Crippen LogP contribution >= 0.6 is 0 Å². The fourth-order valence-corrected chi connectivity index (χ4v) is 1.38. The SMILES string of the molecule is CC(O)C(=O)[O-].CCCCCCCOC[n+]1cc[nH]c1. The predicted molar refractivity (Wildman–Crippen MR) is 72.4 cm³/mol. The molecule has 1 aromatic heterocycles. The third-order valence-corrected chi connectivity index (χ3v) is 2.58. The van der Waals surface area contributed by atoms with Gasteiger partial charge in [-0.25, -0.2) is 4.57 Å². The summed E-state index contributed by atoms with van der Waals surface area (Å²) in [6.07, 6.45) is 10.9. The molecule has 0 bridgehead atoms. The van der Waals surface area contributed by atoms with Gasteiger partial charge < -0.3 is 19.7 Å². The summed E-state index contributed by atoms with van der Waals surface area (Å²) in [5, 5.41) is 17.3. The third-order valence-electron chi connectivity index (χ3n) is 2.58. The van der Waals surface area contributed by atoms with Gasteiger partial charge in [0.15, 0.2) is 6.73 Å². The van der Waals surface area contributed by atoms with Crippen molar-refractivity contribution >= 4 is 5.97 Å². The number of aliphatic hydroxyl groups excluding tert-OH is 1. The van der Waals surface area contributed by atoms with E-state index in [4.69, 9.17) is 9.84 Å². The van der Waals surface area contributed by atoms with Crippen LogP contribution in [-0.2, 0) is 16.3 Å². The lowest BCUT2D eigenvalue weighted by molar-refractivity contribution is -0.731. The number of carbonyl (C=O) groups excluding carboxylic acids is 1. The molecule has 1 unspecified atom stereocenters. The number of imidazole rings is 1. The Morgan fingerprint density at radius 1 is 1.40 bits per heavy atom. The molecule has 0 saturated carbocycles. The molecular weight excluding hydrogens is 260 g/mol. The molecule has 2 N–H and O–H groups in total. The molecule has 0 aliphatic rings. The second kappa shape index (κ2) is 12.6. The number of carboxylic acid groups (broad SMARTS) is 1. The number of H-pyrrole nitrogens is 1. The maximum Gasteiger partial charge on any atom is 0.243 e. The number of hydrogen-bond donors (Lipinski definition) is 2. The van der Waals surface area contributed by atoms with Gasteiger partial charge in [0, 0.05) is 0 Å². The van der Waals surface area contributed by atoms with E-state index in [9.17, 15) is 9.90 Å². The summed E-state index contributed by atoms with van der Waals surface area (Å²) < 4.78 is 7.49. The maximum atomic E-state index is 9.34. The van der Waals surface area contributed by atoms with Gasteiger partial charge in [-0.1, -0.05) is 32.6 Å². The Bertz CT molecular complexity index is 326. The lowest BCUT2D eigenvalue weighted by atomic mass is 10.2. The van der Waals surface area contributed by atoms with E-state index in [-0.39, 0.29) is 0 Å². The first-order chi connectivity index (χ1) is 9.57. The van der Waals surface area contributed by atoms with Crippen molar-refractivity contribution in [2.75, 3.05) is 6.61 Å². The van der Waals surface area contributed by atoms with Gasteiger partial charge in [-0.2, -0.15) is 0 Å². The van der Waals surface area contributed by atoms with Gasteiger partial charge in [0.2, 0.25) is 6.33 Å². The number of carbonyl (C=O) groups is 1. The Morgan fingerprint density at radius 3 is 2.55 bits per heavy atom. The van der Waals surface area contributed by atoms with Gasteiger partial charge in [0.1, 0.15) is 12.4 Å². The van der Waals surface area contributed by atoms with Crippen molar-refractivity contribution in [1.82, 2.24) is 4.98 Å². The lowest BCUT2D eigenvalue weighted by Crippen LogP contribution is -2.32. The van der Waals surface area contributed by atoms with Crippen molar-refractivity contribution in [3.8, 4) is 0 Å². The molecule has 1 rings (SSSR count). The molecule has 6 nitrogen and oxygen atoms in total. The molecule has 1 aromatic rings. The van der Waals surface area contributed by atoms with E-state index >= 15 is 0 Å². The largest absolute Gasteiger partial charge is 0.547 e. The van der Waals surface area contributed by atoms with Gasteiger partial charge >= 0.3 is 0 Å². The van der Waals surface area contributed by atoms with Crippen LogP contribution < -0.4 is 9.67 Å². The zero-order valence-corrected chi connectivity index (χ0v) is 12.4. The van der Waals surface area contributed by atoms with E-state index in [1.807, 2.05) is 23.3 Å². The Balaban J connectivity index is 0.000000511. The number of nitrogens with zero attached hydrogens (tertiary/aromatic N) is 1. The molecule has 0 aromatic carbocycles. The summed E-state index contributed by atoms with van der Waals surface area (Å²) in [6.45, 7) is 4.91. The van der Waals surface area contributed by atoms with Crippen molar-refractivity contribution in [3.05, 3.63) is 18.7 Å². The molecule has 0 fully saturated rings. The normalized spacial score (nSPS) is 11.6. The fraction of sp³-hybridized carbons (Fsp3) is 0.714. The molecular formula is C14H26N2O4. The van der Waals surface area contributed by atoms with Gasteiger partial charge in [0.05, 0.1) is 18.7 Å². The second-order valence-electron chi connectivity index (χ2n) is 4.57. The first-order valence-corrected chi connectivity index (χ1v) is 7.06. The maximum absolute atomic E-state index is 9.34. The summed E-state index contributed by atoms with van der Waals surface area (Å²) in [7, 11) is 0. The highest BCUT2D eigenvalue weighted by atomic mass is 16.5. The number of aliphatic hydroxyl groups is 1. The van der Waals surface area contributed by atoms with Crippen LogP contribution in [0.25, 0.3) is 0 Å². The number of aromatic amines is 1. The van der Waals surface area contributed by atoms with Gasteiger partial charge in [0.25, 0.3) is 0 Å². The smallest absolute Gasteiger partial charge is 0.243 e. The van der Waals surface area contributed by atoms with Crippen molar-refractivity contribution < 1.29 is 24.3 Å². The van der Waals surface area contributed by atoms with Crippen LogP contribution in [0.3, 0.4) is 0 Å². The number of nitrogens with one attached hydrogen (secondary N) is 1. The highest BCUT2D eigenvalue weighted by Gasteiger charge is 1.95. The second-order valence-corrected chi connectivity index (χ2v) is 4.57. The average molecular weight is 286 g/mol. The highest BCUT2D eigenvalue weighted by Crippen LogP contribution is 2.01. The molecule has 0 spiro atoms. The first-order valence-electron chi connectivity index (χ1n) is 7.06. The predicted octanol–water partition coefficient (Wildman–Crippen LogP) is 0.364. The fourth-order valence-electron chi connectivity index (χ4n) is 1.38. The van der Waals surface area contributed by atoms with Crippen LogP contribution in [0, 0.1) is 0 Å². The minimum atomic E-state index is -1.44. The molecule has 116 valence electrons. The zero-order chi connectivity index (χ0) is 15.2. The standard InChI is InChI=1S/C11H20N2O.C3H6O3/c1-2-3-4-5-6-9-14-11-13-8-7-12-10-13;1-2(4)3(5)6/h7-8,10H,2-6,9,11H2,1H3;2,4H,1H3,(H,5,6). The van der Waals surface area contributed by atoms with E-state index < -0.39 is 12.1 Å². The van der Waals surface area contributed by atoms with Crippen molar-refractivity contribution in [2.45, 2.75) is 58.8 Å². The number of ether oxygens (including phenoxy) is 1. The number of unbranched alkanes of at least 4 members (excludes halogenated alkanes) is 4. The minimum absolute atomic E-state index is 0.664. The van der Waals surface area contributed by atoms with E-state index in [1.54, 1.807) is 0 Å². The summed E-state index contributed by atoms with van der Waals surface area (Å²) >= 11 is 0. The Kier molecular flexibility index (Phi) is 11.7. The molecule has 0 amide bonds. The van der Waals surface area contributed by atoms with Crippen LogP contribution in [-0.4, -0.2) is 28.8 Å². The summed E-state index contributed by atoms with van der Waals surface area (Å²) in [6, 6.07) is 0. The molecule has 6 heteroatoms. The van der Waals surface area contributed by atoms with Crippen LogP contribution in [0.4, 0.5) is 0 Å². The number of carboxylic acids is 1. The number of aromatic nitrogens is 2. The topological polar surface area (TPSA) is 89.3 Å². The molecule has 0 aliphatic heterocycles. The number of hydrogen-bond acceptors (Lipinski definition) is 4. The van der Waals surface area contributed by atoms with E-state index in [1.165, 1.54) is 32.1 Å². The molecule has 0 radical (unpaired) electrons. The van der Waals surface area contributed by atoms with Crippen LogP contribution in [0.5, 0.6) is 0 Å². The molecule has 1 atom stereocenters. The Morgan fingerprint density at radius 2 is 2.05 bits per heavy atom. The zero-order valence-electron chi connectivity index (χ0n) is 12.4. The van der Waals surface area contributed by atoms with Crippen LogP contribution in [0.2, 0.25) is 0 Å². The van der Waals surface area contributed by atoms with Gasteiger partial charge in [-0.15, -0.1) is 0 Å². The molecule has 0 saturated heterocycles. The summed E-state index contributed by atoms with van der Waals surface area (Å²) in [5.41, 5.74) is 0. The lowest BCUT2D eigenvalue weighted by Gasteiger charge is -2.01. The molecule has 20 heavy (non-hydrogen) atoms. The van der Waals surface area contributed by atoms with Gasteiger partial charge in [-0.05, 0) is 13.3 Å². The first kappa shape index (κ1) is 18.6. The average Bonchev–Trinajstić information content (AvgIpc) is 2.91. The van der Waals surface area contributed by atoms with E-state index in [2.05, 4.69) is 11.9 Å². The highest BCUT2D eigenvalue weighted by molar-refractivity contribution is 5.68. The van der Waals surface area contributed by atoms with Gasteiger partial charge in [-0.3, -0.25) is 4.98 Å². The van der Waals surface area contributed by atoms with Crippen LogP contribution in [0.15, 0.2) is 18.7 Å². The van der Waals surface area contributed by atoms with Crippen molar-refractivity contribution in [3.63, 3.8) is 0 Å². The Labute approximate surface area is 120 Å². The Hall–Kier alpha value is -1.40. The number of rotatable bonds is 9. The molecule has 1 heterocycles. The third kappa shape index (κ3) is 11.7. The minimum Gasteiger partial charge on any atom is -0.547 e. The van der Waals surface area contributed by atoms with Crippen molar-refractivity contribution in [1.29, 1.82) is 0 Å². The monoisotopic (exact) mass is 286 g/mol. The van der Waals surface area contributed by atoms with Crippen molar-refractivity contribution in [2.24, 2.45) is 0 Å². The summed E-state index contributed by atoms with van der Waals surface area (Å²) in [4.78, 5) is 12.3. The summed E-state index contributed by atoms with van der Waals surface area (Å²) in [5.74, 6) is -1.44. The van der Waals surface area contributed by atoms with E-state index in [0.29, 0.717) is 6.73 Å². The van der Waals surface area contributed by atoms with E-state index in [0.717, 1.165) is 13.5 Å². The molecule has 0 aliphatic carbocycles. The van der Waals surface area contributed by atoms with Crippen LogP contribution in [0.1, 0.15) is 46.0 Å². The quantitative estimate of drug-likeness (QED) is 0.507. The number of aliphatic carboxylic acids is 1.